The van der Waals surface area contributed by atoms with Gasteiger partial charge in [-0.05, 0) is 30.3 Å². The number of sulfonamides is 1. The zero-order chi connectivity index (χ0) is 21.8. The molecule has 0 unspecified atom stereocenters. The van der Waals surface area contributed by atoms with E-state index in [-0.39, 0.29) is 10.8 Å². The minimum absolute atomic E-state index is 0.115. The van der Waals surface area contributed by atoms with E-state index in [1.165, 1.54) is 16.4 Å². The molecule has 3 heterocycles. The van der Waals surface area contributed by atoms with E-state index in [2.05, 4.69) is 15.1 Å². The Kier molecular flexibility index (Phi) is 6.35. The molecule has 2 saturated heterocycles. The second-order valence-corrected chi connectivity index (χ2v) is 9.19. The fraction of sp³-hybridized carbons (Fsp3) is 0.450. The number of carbonyl (C=O) groups is 1. The Morgan fingerprint density at radius 3 is 2.19 bits per heavy atom. The molecule has 0 atom stereocenters. The highest BCUT2D eigenvalue weighted by Crippen LogP contribution is 2.20. The highest BCUT2D eigenvalue weighted by molar-refractivity contribution is 7.89. The van der Waals surface area contributed by atoms with E-state index in [4.69, 9.17) is 9.47 Å². The first-order valence-corrected chi connectivity index (χ1v) is 11.5. The molecule has 2 aromatic rings. The molecule has 4 rings (SSSR count). The molecule has 0 N–H and O–H groups in total. The highest BCUT2D eigenvalue weighted by Gasteiger charge is 2.27. The first-order chi connectivity index (χ1) is 15.0. The van der Waals surface area contributed by atoms with Crippen LogP contribution in [0, 0.1) is 0 Å². The lowest BCUT2D eigenvalue weighted by Gasteiger charge is -2.35. The van der Waals surface area contributed by atoms with Gasteiger partial charge >= 0.3 is 0 Å². The van der Waals surface area contributed by atoms with Crippen molar-refractivity contribution in [2.45, 2.75) is 4.90 Å². The summed E-state index contributed by atoms with van der Waals surface area (Å²) < 4.78 is 37.1. The predicted octanol–water partition coefficient (Wildman–Crippen LogP) is 0.469. The Hall–Kier alpha value is -2.76. The van der Waals surface area contributed by atoms with Crippen LogP contribution in [0.25, 0.3) is 0 Å². The van der Waals surface area contributed by atoms with E-state index in [1.807, 2.05) is 6.07 Å². The predicted molar refractivity (Wildman–Crippen MR) is 113 cm³/mol. The lowest BCUT2D eigenvalue weighted by atomic mass is 10.2. The van der Waals surface area contributed by atoms with E-state index in [9.17, 15) is 13.2 Å². The second kappa shape index (κ2) is 9.16. The van der Waals surface area contributed by atoms with Crippen molar-refractivity contribution in [3.8, 4) is 5.88 Å². The maximum Gasteiger partial charge on any atom is 0.253 e. The van der Waals surface area contributed by atoms with Crippen LogP contribution in [0.1, 0.15) is 10.4 Å². The summed E-state index contributed by atoms with van der Waals surface area (Å²) in [6.45, 7) is 3.82. The molecule has 2 aliphatic rings. The Labute approximate surface area is 181 Å². The Morgan fingerprint density at radius 2 is 1.61 bits per heavy atom. The molecular formula is C20H25N5O5S. The summed E-state index contributed by atoms with van der Waals surface area (Å²) >= 11 is 0. The summed E-state index contributed by atoms with van der Waals surface area (Å²) in [6, 6.07) is 9.76. The van der Waals surface area contributed by atoms with Crippen molar-refractivity contribution in [3.05, 3.63) is 42.0 Å². The van der Waals surface area contributed by atoms with Gasteiger partial charge in [0.05, 0.1) is 25.2 Å². The lowest BCUT2D eigenvalue weighted by Crippen LogP contribution is -2.49. The molecule has 2 fully saturated rings. The summed E-state index contributed by atoms with van der Waals surface area (Å²) in [5.41, 5.74) is 0.471. The number of piperazine rings is 1. The molecule has 11 heteroatoms. The van der Waals surface area contributed by atoms with E-state index >= 15 is 0 Å². The van der Waals surface area contributed by atoms with Crippen LogP contribution >= 0.6 is 0 Å². The Morgan fingerprint density at radius 1 is 0.935 bits per heavy atom. The van der Waals surface area contributed by atoms with Crippen LogP contribution in [0.4, 0.5) is 5.82 Å². The normalized spacial score (nSPS) is 18.1. The number of hydrogen-bond acceptors (Lipinski definition) is 8. The summed E-state index contributed by atoms with van der Waals surface area (Å²) in [6.07, 6.45) is 0. The van der Waals surface area contributed by atoms with Gasteiger partial charge in [-0.15, -0.1) is 10.2 Å². The first-order valence-electron chi connectivity index (χ1n) is 10.1. The van der Waals surface area contributed by atoms with Gasteiger partial charge in [-0.2, -0.15) is 4.31 Å². The molecule has 0 aliphatic carbocycles. The number of rotatable bonds is 5. The quantitative estimate of drug-likeness (QED) is 0.651. The average Bonchev–Trinajstić information content (AvgIpc) is 2.84. The van der Waals surface area contributed by atoms with Crippen LogP contribution in [0.15, 0.2) is 41.3 Å². The summed E-state index contributed by atoms with van der Waals surface area (Å²) in [7, 11) is -2.03. The minimum Gasteiger partial charge on any atom is -0.480 e. The monoisotopic (exact) mass is 447 g/mol. The van der Waals surface area contributed by atoms with Crippen LogP contribution in [0.5, 0.6) is 5.88 Å². The lowest BCUT2D eigenvalue weighted by molar-refractivity contribution is 0.0730. The number of anilines is 1. The molecule has 1 amide bonds. The summed E-state index contributed by atoms with van der Waals surface area (Å²) in [4.78, 5) is 16.9. The van der Waals surface area contributed by atoms with Crippen molar-refractivity contribution < 1.29 is 22.7 Å². The van der Waals surface area contributed by atoms with Crippen molar-refractivity contribution in [2.75, 3.05) is 64.5 Å². The number of benzene rings is 1. The molecule has 31 heavy (non-hydrogen) atoms. The number of carbonyl (C=O) groups excluding carboxylic acids is 1. The van der Waals surface area contributed by atoms with Crippen LogP contribution in [0.2, 0.25) is 0 Å². The van der Waals surface area contributed by atoms with Gasteiger partial charge in [0.15, 0.2) is 5.82 Å². The van der Waals surface area contributed by atoms with Gasteiger partial charge in [0.25, 0.3) is 5.91 Å². The van der Waals surface area contributed by atoms with Gasteiger partial charge < -0.3 is 19.3 Å². The number of methoxy groups -OCH3 is 1. The topological polar surface area (TPSA) is 105 Å². The molecule has 1 aromatic heterocycles. The molecule has 0 radical (unpaired) electrons. The van der Waals surface area contributed by atoms with Crippen molar-refractivity contribution in [1.82, 2.24) is 19.4 Å². The van der Waals surface area contributed by atoms with Gasteiger partial charge in [-0.25, -0.2) is 8.42 Å². The highest BCUT2D eigenvalue weighted by atomic mass is 32.2. The van der Waals surface area contributed by atoms with Gasteiger partial charge in [0.1, 0.15) is 0 Å². The van der Waals surface area contributed by atoms with Crippen molar-refractivity contribution in [2.24, 2.45) is 0 Å². The van der Waals surface area contributed by atoms with Crippen LogP contribution in [0.3, 0.4) is 0 Å². The molecule has 2 aliphatic heterocycles. The largest absolute Gasteiger partial charge is 0.480 e. The van der Waals surface area contributed by atoms with Crippen LogP contribution < -0.4 is 9.64 Å². The number of amides is 1. The van der Waals surface area contributed by atoms with Gasteiger partial charge in [0, 0.05) is 50.9 Å². The number of nitrogens with zero attached hydrogens (tertiary/aromatic N) is 5. The SMILES string of the molecule is COc1ccc(N2CCN(C(=O)c3ccc(S(=O)(=O)N4CCOCC4)cc3)CC2)nn1. The third-order valence-corrected chi connectivity index (χ3v) is 7.35. The van der Waals surface area contributed by atoms with Crippen molar-refractivity contribution >= 4 is 21.7 Å². The van der Waals surface area contributed by atoms with E-state index < -0.39 is 10.0 Å². The number of aromatic nitrogens is 2. The van der Waals surface area contributed by atoms with Crippen molar-refractivity contribution in [1.29, 1.82) is 0 Å². The van der Waals surface area contributed by atoms with Gasteiger partial charge in [0.2, 0.25) is 15.9 Å². The Balaban J connectivity index is 1.37. The van der Waals surface area contributed by atoms with Gasteiger partial charge in [-0.3, -0.25) is 4.79 Å². The van der Waals surface area contributed by atoms with Crippen LogP contribution in [-0.4, -0.2) is 93.3 Å². The third kappa shape index (κ3) is 4.63. The molecule has 0 saturated carbocycles. The molecule has 166 valence electrons. The second-order valence-electron chi connectivity index (χ2n) is 7.25. The smallest absolute Gasteiger partial charge is 0.253 e. The van der Waals surface area contributed by atoms with Crippen molar-refractivity contribution in [3.63, 3.8) is 0 Å². The van der Waals surface area contributed by atoms with E-state index in [0.29, 0.717) is 63.9 Å². The zero-order valence-electron chi connectivity index (χ0n) is 17.3. The number of ether oxygens (including phenoxy) is 2. The number of hydrogen-bond donors (Lipinski definition) is 0. The summed E-state index contributed by atoms with van der Waals surface area (Å²) in [5, 5.41) is 8.13. The zero-order valence-corrected chi connectivity index (χ0v) is 18.1. The maximum atomic E-state index is 12.9. The van der Waals surface area contributed by atoms with E-state index in [0.717, 1.165) is 5.82 Å². The van der Waals surface area contributed by atoms with Crippen LogP contribution in [-0.2, 0) is 14.8 Å². The molecule has 0 spiro atoms. The van der Waals surface area contributed by atoms with Gasteiger partial charge in [-0.1, -0.05) is 0 Å². The fourth-order valence-electron chi connectivity index (χ4n) is 3.62. The molecule has 0 bridgehead atoms. The number of morpholine rings is 1. The third-order valence-electron chi connectivity index (χ3n) is 5.44. The molecule has 1 aromatic carbocycles. The first kappa shape index (κ1) is 21.5. The average molecular weight is 448 g/mol. The minimum atomic E-state index is -3.57. The molecular weight excluding hydrogens is 422 g/mol. The summed E-state index contributed by atoms with van der Waals surface area (Å²) in [5.74, 6) is 1.08. The fourth-order valence-corrected chi connectivity index (χ4v) is 5.03. The Bertz CT molecular complexity index is 999. The van der Waals surface area contributed by atoms with E-state index in [1.54, 1.807) is 30.2 Å². The maximum absolute atomic E-state index is 12.9. The standard InChI is InChI=1S/C20H25N5O5S/c1-29-19-7-6-18(21-22-19)23-8-10-24(11-9-23)20(26)16-2-4-17(5-3-16)31(27,28)25-12-14-30-15-13-25/h2-7H,8-15H2,1H3. The molecule has 10 nitrogen and oxygen atoms in total.